The minimum Gasteiger partial charge on any atom is -0.381 e. The van der Waals surface area contributed by atoms with Crippen LogP contribution in [0.4, 0.5) is 0 Å². The van der Waals surface area contributed by atoms with E-state index in [0.29, 0.717) is 5.41 Å². The van der Waals surface area contributed by atoms with Gasteiger partial charge in [-0.25, -0.2) is 0 Å². The van der Waals surface area contributed by atoms with Crippen molar-refractivity contribution in [1.29, 1.82) is 0 Å². The summed E-state index contributed by atoms with van der Waals surface area (Å²) < 4.78 is 5.63. The van der Waals surface area contributed by atoms with E-state index in [1.54, 1.807) is 0 Å². The first-order valence-corrected chi connectivity index (χ1v) is 8.57. The summed E-state index contributed by atoms with van der Waals surface area (Å²) >= 11 is 0. The molecule has 0 aromatic rings. The molecule has 3 aliphatic rings. The summed E-state index contributed by atoms with van der Waals surface area (Å²) in [6.07, 6.45) is 10.8. The van der Waals surface area contributed by atoms with Gasteiger partial charge in [0.2, 0.25) is 0 Å². The summed E-state index contributed by atoms with van der Waals surface area (Å²) in [7, 11) is 0. The molecule has 0 bridgehead atoms. The fourth-order valence-electron chi connectivity index (χ4n) is 3.75. The van der Waals surface area contributed by atoms with Gasteiger partial charge in [-0.3, -0.25) is 4.99 Å². The normalized spacial score (nSPS) is 33.1. The molecule has 4 nitrogen and oxygen atoms in total. The second-order valence-electron chi connectivity index (χ2n) is 6.82. The van der Waals surface area contributed by atoms with E-state index in [2.05, 4.69) is 29.3 Å². The first-order valence-electron chi connectivity index (χ1n) is 8.57. The smallest absolute Gasteiger partial charge is 0.193 e. The Morgan fingerprint density at radius 2 is 2.38 bits per heavy atom. The van der Waals surface area contributed by atoms with Crippen molar-refractivity contribution < 1.29 is 4.74 Å². The van der Waals surface area contributed by atoms with Gasteiger partial charge in [0, 0.05) is 38.2 Å². The van der Waals surface area contributed by atoms with Crippen molar-refractivity contribution in [2.75, 3.05) is 39.4 Å². The van der Waals surface area contributed by atoms with Crippen molar-refractivity contribution in [3.05, 3.63) is 12.2 Å². The van der Waals surface area contributed by atoms with E-state index in [9.17, 15) is 0 Å². The largest absolute Gasteiger partial charge is 0.381 e. The first kappa shape index (κ1) is 14.9. The summed E-state index contributed by atoms with van der Waals surface area (Å²) in [4.78, 5) is 7.39. The molecule has 2 unspecified atom stereocenters. The van der Waals surface area contributed by atoms with Gasteiger partial charge in [-0.1, -0.05) is 12.2 Å². The molecular formula is C17H29N3O. The molecule has 2 aliphatic heterocycles. The number of ether oxygens (including phenoxy) is 1. The fourth-order valence-corrected chi connectivity index (χ4v) is 3.75. The number of rotatable bonds is 3. The molecule has 2 saturated heterocycles. The van der Waals surface area contributed by atoms with Gasteiger partial charge in [0.15, 0.2) is 5.96 Å². The lowest BCUT2D eigenvalue weighted by atomic mass is 9.87. The van der Waals surface area contributed by atoms with Crippen LogP contribution in [-0.4, -0.2) is 50.3 Å². The number of hydrogen-bond donors (Lipinski definition) is 1. The van der Waals surface area contributed by atoms with Crippen molar-refractivity contribution in [1.82, 2.24) is 10.2 Å². The third-order valence-corrected chi connectivity index (χ3v) is 5.13. The van der Waals surface area contributed by atoms with E-state index in [1.807, 2.05) is 0 Å². The predicted octanol–water partition coefficient (Wildman–Crippen LogP) is 2.42. The Bertz CT molecular complexity index is 399. The molecule has 0 radical (unpaired) electrons. The van der Waals surface area contributed by atoms with Gasteiger partial charge in [0.05, 0.1) is 6.61 Å². The van der Waals surface area contributed by atoms with E-state index in [4.69, 9.17) is 9.73 Å². The maximum absolute atomic E-state index is 5.63. The van der Waals surface area contributed by atoms with Crippen molar-refractivity contribution >= 4 is 5.96 Å². The highest BCUT2D eigenvalue weighted by Crippen LogP contribution is 2.38. The maximum Gasteiger partial charge on any atom is 0.193 e. The summed E-state index contributed by atoms with van der Waals surface area (Å²) in [5, 5.41) is 3.49. The monoisotopic (exact) mass is 291 g/mol. The third kappa shape index (κ3) is 3.60. The highest BCUT2D eigenvalue weighted by molar-refractivity contribution is 5.80. The van der Waals surface area contributed by atoms with Gasteiger partial charge in [0.1, 0.15) is 0 Å². The number of nitrogens with one attached hydrogen (secondary N) is 1. The van der Waals surface area contributed by atoms with E-state index in [1.165, 1.54) is 32.1 Å². The average Bonchev–Trinajstić information content (AvgIpc) is 3.15. The summed E-state index contributed by atoms with van der Waals surface area (Å²) in [6.45, 7) is 8.19. The predicted molar refractivity (Wildman–Crippen MR) is 86.5 cm³/mol. The standard InChI is InChI=1S/C17H29N3O/c1-2-18-16(19-12-15-6-4-3-5-7-15)20-10-8-17(13-20)9-11-21-14-17/h3-4,15H,2,5-14H2,1H3,(H,18,19). The molecule has 1 aliphatic carbocycles. The quantitative estimate of drug-likeness (QED) is 0.493. The van der Waals surface area contributed by atoms with Crippen LogP contribution < -0.4 is 5.32 Å². The SMILES string of the molecule is CCNC(=NCC1CC=CCC1)N1CCC2(CCOC2)C1. The third-order valence-electron chi connectivity index (χ3n) is 5.13. The minimum atomic E-state index is 0.407. The molecule has 0 saturated carbocycles. The van der Waals surface area contributed by atoms with E-state index >= 15 is 0 Å². The van der Waals surface area contributed by atoms with Crippen molar-refractivity contribution in [2.24, 2.45) is 16.3 Å². The highest BCUT2D eigenvalue weighted by atomic mass is 16.5. The Morgan fingerprint density at radius 3 is 3.10 bits per heavy atom. The van der Waals surface area contributed by atoms with Crippen LogP contribution in [0.2, 0.25) is 0 Å². The molecule has 1 N–H and O–H groups in total. The molecule has 3 rings (SSSR count). The lowest BCUT2D eigenvalue weighted by Crippen LogP contribution is -2.41. The molecular weight excluding hydrogens is 262 g/mol. The summed E-state index contributed by atoms with van der Waals surface area (Å²) in [5.74, 6) is 1.85. The van der Waals surface area contributed by atoms with E-state index in [0.717, 1.165) is 51.3 Å². The second-order valence-corrected chi connectivity index (χ2v) is 6.82. The zero-order valence-electron chi connectivity index (χ0n) is 13.3. The molecule has 2 fully saturated rings. The van der Waals surface area contributed by atoms with Crippen LogP contribution in [0.1, 0.15) is 39.0 Å². The van der Waals surface area contributed by atoms with Gasteiger partial charge in [0.25, 0.3) is 0 Å². The lowest BCUT2D eigenvalue weighted by molar-refractivity contribution is 0.156. The van der Waals surface area contributed by atoms with Gasteiger partial charge < -0.3 is 15.0 Å². The molecule has 1 spiro atoms. The zero-order valence-corrected chi connectivity index (χ0v) is 13.3. The molecule has 0 aromatic carbocycles. The van der Waals surface area contributed by atoms with Crippen LogP contribution in [0.5, 0.6) is 0 Å². The minimum absolute atomic E-state index is 0.407. The fraction of sp³-hybridized carbons (Fsp3) is 0.824. The zero-order chi connectivity index (χ0) is 14.5. The number of guanidine groups is 1. The Balaban J connectivity index is 1.59. The molecule has 0 aromatic heterocycles. The van der Waals surface area contributed by atoms with Crippen molar-refractivity contribution in [3.8, 4) is 0 Å². The van der Waals surface area contributed by atoms with Gasteiger partial charge in [-0.05, 0) is 44.9 Å². The molecule has 2 atom stereocenters. The molecule has 118 valence electrons. The van der Waals surface area contributed by atoms with Gasteiger partial charge >= 0.3 is 0 Å². The molecule has 4 heteroatoms. The highest BCUT2D eigenvalue weighted by Gasteiger charge is 2.42. The number of nitrogens with zero attached hydrogens (tertiary/aromatic N) is 2. The van der Waals surface area contributed by atoms with E-state index in [-0.39, 0.29) is 0 Å². The average molecular weight is 291 g/mol. The van der Waals surface area contributed by atoms with E-state index < -0.39 is 0 Å². The van der Waals surface area contributed by atoms with Crippen LogP contribution in [0, 0.1) is 11.3 Å². The van der Waals surface area contributed by atoms with Crippen LogP contribution in [-0.2, 0) is 4.74 Å². The number of aliphatic imine (C=N–C) groups is 1. The topological polar surface area (TPSA) is 36.9 Å². The van der Waals surface area contributed by atoms with Crippen LogP contribution in [0.15, 0.2) is 17.1 Å². The van der Waals surface area contributed by atoms with Gasteiger partial charge in [-0.15, -0.1) is 0 Å². The van der Waals surface area contributed by atoms with Crippen LogP contribution in [0.3, 0.4) is 0 Å². The summed E-state index contributed by atoms with van der Waals surface area (Å²) in [6, 6.07) is 0. The Kier molecular flexibility index (Phi) is 4.84. The van der Waals surface area contributed by atoms with Gasteiger partial charge in [-0.2, -0.15) is 0 Å². The van der Waals surface area contributed by atoms with Crippen molar-refractivity contribution in [3.63, 3.8) is 0 Å². The maximum atomic E-state index is 5.63. The number of likely N-dealkylation sites (tertiary alicyclic amines) is 1. The molecule has 2 heterocycles. The Labute approximate surface area is 128 Å². The van der Waals surface area contributed by atoms with Crippen LogP contribution >= 0.6 is 0 Å². The van der Waals surface area contributed by atoms with Crippen LogP contribution in [0.25, 0.3) is 0 Å². The Morgan fingerprint density at radius 1 is 1.43 bits per heavy atom. The number of allylic oxidation sites excluding steroid dienone is 2. The molecule has 21 heavy (non-hydrogen) atoms. The molecule has 0 amide bonds. The second kappa shape index (κ2) is 6.82. The first-order chi connectivity index (χ1) is 10.3. The summed E-state index contributed by atoms with van der Waals surface area (Å²) in [5.41, 5.74) is 0.407. The number of hydrogen-bond acceptors (Lipinski definition) is 2. The lowest BCUT2D eigenvalue weighted by Gasteiger charge is -2.25. The Hall–Kier alpha value is -1.03. The van der Waals surface area contributed by atoms with Crippen molar-refractivity contribution in [2.45, 2.75) is 39.0 Å².